The average Bonchev–Trinajstić information content (AvgIpc) is 2.37. The van der Waals surface area contributed by atoms with Crippen LogP contribution in [0.5, 0.6) is 0 Å². The molecule has 2 atom stereocenters. The van der Waals surface area contributed by atoms with Crippen LogP contribution in [0.2, 0.25) is 0 Å². The molecule has 0 radical (unpaired) electrons. The molecule has 1 rings (SSSR count). The normalized spacial score (nSPS) is 24.3. The van der Waals surface area contributed by atoms with Crippen LogP contribution in [0.3, 0.4) is 0 Å². The van der Waals surface area contributed by atoms with Gasteiger partial charge in [0.05, 0.1) is 13.2 Å². The van der Waals surface area contributed by atoms with Crippen LogP contribution in [0.4, 0.5) is 0 Å². The summed E-state index contributed by atoms with van der Waals surface area (Å²) in [6.45, 7) is 6.92. The summed E-state index contributed by atoms with van der Waals surface area (Å²) in [5, 5.41) is 3.53. The quantitative estimate of drug-likeness (QED) is 0.610. The van der Waals surface area contributed by atoms with Gasteiger partial charge < -0.3 is 14.8 Å². The summed E-state index contributed by atoms with van der Waals surface area (Å²) in [6, 6.07) is 0. The molecule has 1 N–H and O–H groups in total. The summed E-state index contributed by atoms with van der Waals surface area (Å²) in [4.78, 5) is 0. The van der Waals surface area contributed by atoms with Gasteiger partial charge in [-0.15, -0.1) is 0 Å². The molecule has 18 heavy (non-hydrogen) atoms. The Balaban J connectivity index is 1.80. The molecule has 0 aromatic rings. The van der Waals surface area contributed by atoms with Gasteiger partial charge in [0.15, 0.2) is 0 Å². The molecule has 1 saturated carbocycles. The van der Waals surface area contributed by atoms with Crippen molar-refractivity contribution in [3.05, 3.63) is 0 Å². The van der Waals surface area contributed by atoms with Crippen LogP contribution >= 0.6 is 0 Å². The summed E-state index contributed by atoms with van der Waals surface area (Å²) in [6.07, 6.45) is 8.25. The lowest BCUT2D eigenvalue weighted by Gasteiger charge is -2.26. The highest BCUT2D eigenvalue weighted by atomic mass is 16.5. The molecule has 0 aromatic carbocycles. The number of hydrogen-bond acceptors (Lipinski definition) is 3. The predicted molar refractivity (Wildman–Crippen MR) is 75.9 cm³/mol. The van der Waals surface area contributed by atoms with Crippen molar-refractivity contribution in [2.45, 2.75) is 45.4 Å². The van der Waals surface area contributed by atoms with Crippen molar-refractivity contribution in [2.24, 2.45) is 11.8 Å². The lowest BCUT2D eigenvalue weighted by atomic mass is 9.81. The van der Waals surface area contributed by atoms with Gasteiger partial charge in [-0.25, -0.2) is 0 Å². The molecular weight excluding hydrogens is 226 g/mol. The molecule has 0 aromatic heterocycles. The van der Waals surface area contributed by atoms with Crippen LogP contribution in [-0.4, -0.2) is 40.0 Å². The molecule has 1 aliphatic carbocycles. The van der Waals surface area contributed by atoms with E-state index < -0.39 is 0 Å². The zero-order valence-electron chi connectivity index (χ0n) is 12.2. The van der Waals surface area contributed by atoms with Crippen molar-refractivity contribution in [1.82, 2.24) is 5.32 Å². The van der Waals surface area contributed by atoms with Crippen molar-refractivity contribution in [3.8, 4) is 0 Å². The third-order valence-electron chi connectivity index (χ3n) is 3.85. The van der Waals surface area contributed by atoms with Gasteiger partial charge in [0.1, 0.15) is 0 Å². The maximum Gasteiger partial charge on any atom is 0.0700 e. The Morgan fingerprint density at radius 2 is 2.00 bits per heavy atom. The molecule has 3 heteroatoms. The van der Waals surface area contributed by atoms with E-state index in [0.29, 0.717) is 6.61 Å². The SMILES string of the molecule is COCCOCCCNCCC1CCCC(C)C1. The van der Waals surface area contributed by atoms with Gasteiger partial charge in [-0.3, -0.25) is 0 Å². The summed E-state index contributed by atoms with van der Waals surface area (Å²) in [5.74, 6) is 1.93. The lowest BCUT2D eigenvalue weighted by Crippen LogP contribution is -2.23. The number of rotatable bonds is 10. The first-order valence-corrected chi connectivity index (χ1v) is 7.60. The summed E-state index contributed by atoms with van der Waals surface area (Å²) < 4.78 is 10.3. The van der Waals surface area contributed by atoms with E-state index in [-0.39, 0.29) is 0 Å². The summed E-state index contributed by atoms with van der Waals surface area (Å²) >= 11 is 0. The average molecular weight is 257 g/mol. The van der Waals surface area contributed by atoms with Crippen molar-refractivity contribution >= 4 is 0 Å². The van der Waals surface area contributed by atoms with Gasteiger partial charge in [-0.1, -0.05) is 26.2 Å². The van der Waals surface area contributed by atoms with Gasteiger partial charge >= 0.3 is 0 Å². The van der Waals surface area contributed by atoms with Crippen molar-refractivity contribution < 1.29 is 9.47 Å². The van der Waals surface area contributed by atoms with E-state index in [1.807, 2.05) is 0 Å². The van der Waals surface area contributed by atoms with Gasteiger partial charge in [0.2, 0.25) is 0 Å². The largest absolute Gasteiger partial charge is 0.382 e. The van der Waals surface area contributed by atoms with Crippen molar-refractivity contribution in [3.63, 3.8) is 0 Å². The van der Waals surface area contributed by atoms with Gasteiger partial charge in [0, 0.05) is 13.7 Å². The molecule has 1 fully saturated rings. The van der Waals surface area contributed by atoms with E-state index in [1.165, 1.54) is 38.6 Å². The Kier molecular flexibility index (Phi) is 9.54. The molecule has 2 unspecified atom stereocenters. The Morgan fingerprint density at radius 1 is 1.11 bits per heavy atom. The van der Waals surface area contributed by atoms with E-state index in [1.54, 1.807) is 7.11 Å². The van der Waals surface area contributed by atoms with Gasteiger partial charge in [-0.05, 0) is 44.2 Å². The minimum Gasteiger partial charge on any atom is -0.382 e. The molecule has 3 nitrogen and oxygen atoms in total. The summed E-state index contributed by atoms with van der Waals surface area (Å²) in [5.41, 5.74) is 0. The second-order valence-corrected chi connectivity index (χ2v) is 5.64. The zero-order valence-corrected chi connectivity index (χ0v) is 12.2. The van der Waals surface area contributed by atoms with Crippen LogP contribution in [0.15, 0.2) is 0 Å². The highest BCUT2D eigenvalue weighted by molar-refractivity contribution is 4.71. The van der Waals surface area contributed by atoms with Crippen molar-refractivity contribution in [2.75, 3.05) is 40.0 Å². The molecule has 0 saturated heterocycles. The number of nitrogens with one attached hydrogen (secondary N) is 1. The van der Waals surface area contributed by atoms with Crippen LogP contribution in [-0.2, 0) is 9.47 Å². The monoisotopic (exact) mass is 257 g/mol. The molecule has 0 heterocycles. The fraction of sp³-hybridized carbons (Fsp3) is 1.00. The maximum absolute atomic E-state index is 5.42. The smallest absolute Gasteiger partial charge is 0.0700 e. The minimum absolute atomic E-state index is 0.702. The number of hydrogen-bond donors (Lipinski definition) is 1. The second-order valence-electron chi connectivity index (χ2n) is 5.64. The van der Waals surface area contributed by atoms with Crippen LogP contribution in [0.25, 0.3) is 0 Å². The number of methoxy groups -OCH3 is 1. The molecular formula is C15H31NO2. The molecule has 1 aliphatic rings. The lowest BCUT2D eigenvalue weighted by molar-refractivity contribution is 0.0694. The van der Waals surface area contributed by atoms with E-state index in [4.69, 9.17) is 9.47 Å². The number of ether oxygens (including phenoxy) is 2. The predicted octanol–water partition coefficient (Wildman–Crippen LogP) is 2.85. The third-order valence-corrected chi connectivity index (χ3v) is 3.85. The topological polar surface area (TPSA) is 30.5 Å². The maximum atomic E-state index is 5.42. The van der Waals surface area contributed by atoms with Gasteiger partial charge in [0.25, 0.3) is 0 Å². The Morgan fingerprint density at radius 3 is 2.78 bits per heavy atom. The fourth-order valence-corrected chi connectivity index (χ4v) is 2.80. The molecule has 108 valence electrons. The highest BCUT2D eigenvalue weighted by Crippen LogP contribution is 2.30. The van der Waals surface area contributed by atoms with Crippen LogP contribution < -0.4 is 5.32 Å². The second kappa shape index (κ2) is 10.8. The third kappa shape index (κ3) is 8.06. The highest BCUT2D eigenvalue weighted by Gasteiger charge is 2.17. The Bertz CT molecular complexity index is 187. The summed E-state index contributed by atoms with van der Waals surface area (Å²) in [7, 11) is 1.71. The first-order chi connectivity index (χ1) is 8.83. The van der Waals surface area contributed by atoms with E-state index in [0.717, 1.165) is 38.0 Å². The van der Waals surface area contributed by atoms with Crippen LogP contribution in [0.1, 0.15) is 45.4 Å². The molecule has 0 amide bonds. The van der Waals surface area contributed by atoms with E-state index in [9.17, 15) is 0 Å². The zero-order chi connectivity index (χ0) is 13.1. The molecule has 0 aliphatic heterocycles. The van der Waals surface area contributed by atoms with E-state index in [2.05, 4.69) is 12.2 Å². The standard InChI is InChI=1S/C15H31NO2/c1-14-5-3-6-15(13-14)7-9-16-8-4-10-18-12-11-17-2/h14-16H,3-13H2,1-2H3. The minimum atomic E-state index is 0.702. The first-order valence-electron chi connectivity index (χ1n) is 7.60. The fourth-order valence-electron chi connectivity index (χ4n) is 2.80. The Hall–Kier alpha value is -0.120. The molecule has 0 spiro atoms. The molecule has 0 bridgehead atoms. The van der Waals surface area contributed by atoms with Gasteiger partial charge in [-0.2, -0.15) is 0 Å². The first kappa shape index (κ1) is 15.9. The Labute approximate surface area is 113 Å². The van der Waals surface area contributed by atoms with Crippen LogP contribution in [0, 0.1) is 11.8 Å². The van der Waals surface area contributed by atoms with Crippen molar-refractivity contribution in [1.29, 1.82) is 0 Å². The van der Waals surface area contributed by atoms with E-state index >= 15 is 0 Å².